The fraction of sp³-hybridized carbons (Fsp3) is 0.400. The Bertz CT molecular complexity index is 200. The van der Waals surface area contributed by atoms with Crippen LogP contribution in [0.15, 0.2) is 35.8 Å². The van der Waals surface area contributed by atoms with E-state index in [-0.39, 0.29) is 0 Å². The lowest BCUT2D eigenvalue weighted by molar-refractivity contribution is 0.0768. The third-order valence-corrected chi connectivity index (χ3v) is 1.48. The summed E-state index contributed by atoms with van der Waals surface area (Å²) in [5, 5.41) is 0. The Labute approximate surface area is 73.2 Å². The van der Waals surface area contributed by atoms with Crippen LogP contribution in [0.25, 0.3) is 0 Å². The number of ether oxygens (including phenoxy) is 2. The summed E-state index contributed by atoms with van der Waals surface area (Å²) in [4.78, 5) is 0. The van der Waals surface area contributed by atoms with Gasteiger partial charge in [-0.3, -0.25) is 0 Å². The summed E-state index contributed by atoms with van der Waals surface area (Å²) in [6.45, 7) is 5.19. The van der Waals surface area contributed by atoms with Gasteiger partial charge in [-0.05, 0) is 26.0 Å². The van der Waals surface area contributed by atoms with Gasteiger partial charge in [0.2, 0.25) is 0 Å². The molecule has 2 nitrogen and oxygen atoms in total. The van der Waals surface area contributed by atoms with Crippen LogP contribution >= 0.6 is 0 Å². The summed E-state index contributed by atoms with van der Waals surface area (Å²) < 4.78 is 10.8. The Kier molecular flexibility index (Phi) is 3.45. The summed E-state index contributed by atoms with van der Waals surface area (Å²) in [7, 11) is 0. The minimum atomic E-state index is 0.640. The molecule has 0 aromatic rings. The predicted molar refractivity (Wildman–Crippen MR) is 48.6 cm³/mol. The first-order valence-electron chi connectivity index (χ1n) is 4.13. The second kappa shape index (κ2) is 4.65. The van der Waals surface area contributed by atoms with Gasteiger partial charge in [-0.1, -0.05) is 12.2 Å². The number of hydrogen-bond acceptors (Lipinski definition) is 2. The second-order valence-electron chi connectivity index (χ2n) is 2.43. The Morgan fingerprint density at radius 3 is 1.67 bits per heavy atom. The zero-order valence-electron chi connectivity index (χ0n) is 7.54. The number of hydrogen-bond donors (Lipinski definition) is 0. The molecule has 1 aliphatic heterocycles. The zero-order valence-corrected chi connectivity index (χ0v) is 7.54. The largest absolute Gasteiger partial charge is 0.486 e. The van der Waals surface area contributed by atoms with E-state index in [1.807, 2.05) is 38.2 Å². The van der Waals surface area contributed by atoms with Gasteiger partial charge in [-0.25, -0.2) is 0 Å². The van der Waals surface area contributed by atoms with E-state index in [0.29, 0.717) is 13.2 Å². The topological polar surface area (TPSA) is 18.5 Å². The van der Waals surface area contributed by atoms with Crippen LogP contribution in [0.4, 0.5) is 0 Å². The standard InChI is InChI=1S/C10H14O2/c1-3-5-9-10(6-4-2)12-8-7-11-9/h3-6H,7-8H2,1-2H3/b5-3-,6-4-. The van der Waals surface area contributed by atoms with Crippen molar-refractivity contribution in [2.75, 3.05) is 13.2 Å². The summed E-state index contributed by atoms with van der Waals surface area (Å²) in [6.07, 6.45) is 7.70. The van der Waals surface area contributed by atoms with Crippen LogP contribution in [-0.2, 0) is 9.47 Å². The molecular formula is C10H14O2. The minimum Gasteiger partial charge on any atom is -0.486 e. The molecule has 0 atom stereocenters. The van der Waals surface area contributed by atoms with Crippen molar-refractivity contribution in [2.45, 2.75) is 13.8 Å². The van der Waals surface area contributed by atoms with Gasteiger partial charge in [0.25, 0.3) is 0 Å². The second-order valence-corrected chi connectivity index (χ2v) is 2.43. The first kappa shape index (κ1) is 8.91. The molecule has 1 heterocycles. The molecule has 1 aliphatic rings. The first-order valence-corrected chi connectivity index (χ1v) is 4.13. The van der Waals surface area contributed by atoms with Crippen LogP contribution in [0.2, 0.25) is 0 Å². The molecule has 1 rings (SSSR count). The molecule has 12 heavy (non-hydrogen) atoms. The highest BCUT2D eigenvalue weighted by Gasteiger charge is 2.09. The molecule has 2 heteroatoms. The Morgan fingerprint density at radius 2 is 1.33 bits per heavy atom. The SMILES string of the molecule is C/C=C\C1=C(/C=C\C)OCCO1. The monoisotopic (exact) mass is 166 g/mol. The van der Waals surface area contributed by atoms with E-state index in [0.717, 1.165) is 11.5 Å². The average Bonchev–Trinajstić information content (AvgIpc) is 2.09. The van der Waals surface area contributed by atoms with Crippen molar-refractivity contribution in [3.05, 3.63) is 35.8 Å². The summed E-state index contributed by atoms with van der Waals surface area (Å²) in [5.41, 5.74) is 0. The number of allylic oxidation sites excluding steroid dienone is 4. The molecule has 66 valence electrons. The molecule has 0 saturated heterocycles. The molecule has 0 spiro atoms. The van der Waals surface area contributed by atoms with E-state index in [4.69, 9.17) is 9.47 Å². The smallest absolute Gasteiger partial charge is 0.161 e. The van der Waals surface area contributed by atoms with E-state index in [1.54, 1.807) is 0 Å². The molecule has 0 aromatic heterocycles. The van der Waals surface area contributed by atoms with E-state index >= 15 is 0 Å². The summed E-state index contributed by atoms with van der Waals surface area (Å²) in [6, 6.07) is 0. The molecule has 0 aromatic carbocycles. The highest BCUT2D eigenvalue weighted by molar-refractivity contribution is 5.25. The van der Waals surface area contributed by atoms with Crippen LogP contribution in [0.5, 0.6) is 0 Å². The molecule has 0 fully saturated rings. The Morgan fingerprint density at radius 1 is 0.917 bits per heavy atom. The van der Waals surface area contributed by atoms with Crippen molar-refractivity contribution in [1.29, 1.82) is 0 Å². The molecule has 0 bridgehead atoms. The quantitative estimate of drug-likeness (QED) is 0.627. The number of rotatable bonds is 2. The van der Waals surface area contributed by atoms with Gasteiger partial charge in [-0.15, -0.1) is 0 Å². The Hall–Kier alpha value is -1.18. The van der Waals surface area contributed by atoms with Crippen molar-refractivity contribution in [3.8, 4) is 0 Å². The van der Waals surface area contributed by atoms with Crippen molar-refractivity contribution >= 4 is 0 Å². The molecule has 0 amide bonds. The third kappa shape index (κ3) is 2.16. The van der Waals surface area contributed by atoms with Crippen LogP contribution in [0, 0.1) is 0 Å². The van der Waals surface area contributed by atoms with Gasteiger partial charge in [0.05, 0.1) is 0 Å². The van der Waals surface area contributed by atoms with Crippen molar-refractivity contribution in [3.63, 3.8) is 0 Å². The highest BCUT2D eigenvalue weighted by Crippen LogP contribution is 2.15. The van der Waals surface area contributed by atoms with E-state index in [2.05, 4.69) is 0 Å². The normalized spacial score (nSPS) is 18.5. The maximum Gasteiger partial charge on any atom is 0.161 e. The van der Waals surface area contributed by atoms with Crippen molar-refractivity contribution in [2.24, 2.45) is 0 Å². The van der Waals surface area contributed by atoms with Gasteiger partial charge >= 0.3 is 0 Å². The highest BCUT2D eigenvalue weighted by atomic mass is 16.6. The van der Waals surface area contributed by atoms with E-state index in [9.17, 15) is 0 Å². The molecule has 0 saturated carbocycles. The van der Waals surface area contributed by atoms with Gasteiger partial charge < -0.3 is 9.47 Å². The van der Waals surface area contributed by atoms with Crippen LogP contribution in [0.3, 0.4) is 0 Å². The first-order chi connectivity index (χ1) is 5.88. The maximum absolute atomic E-state index is 5.40. The third-order valence-electron chi connectivity index (χ3n) is 1.48. The lowest BCUT2D eigenvalue weighted by Crippen LogP contribution is -2.11. The molecule has 0 radical (unpaired) electrons. The lowest BCUT2D eigenvalue weighted by Gasteiger charge is -2.17. The molecule has 0 aliphatic carbocycles. The van der Waals surface area contributed by atoms with Gasteiger partial charge in [-0.2, -0.15) is 0 Å². The molecule has 0 unspecified atom stereocenters. The fourth-order valence-corrected chi connectivity index (χ4v) is 1.01. The van der Waals surface area contributed by atoms with E-state index < -0.39 is 0 Å². The predicted octanol–water partition coefficient (Wildman–Crippen LogP) is 2.40. The van der Waals surface area contributed by atoms with Crippen LogP contribution in [-0.4, -0.2) is 13.2 Å². The van der Waals surface area contributed by atoms with Crippen molar-refractivity contribution < 1.29 is 9.47 Å². The van der Waals surface area contributed by atoms with Crippen LogP contribution in [0.1, 0.15) is 13.8 Å². The summed E-state index contributed by atoms with van der Waals surface area (Å²) >= 11 is 0. The fourth-order valence-electron chi connectivity index (χ4n) is 1.01. The van der Waals surface area contributed by atoms with E-state index in [1.165, 1.54) is 0 Å². The van der Waals surface area contributed by atoms with Crippen LogP contribution < -0.4 is 0 Å². The zero-order chi connectivity index (χ0) is 8.81. The lowest BCUT2D eigenvalue weighted by atomic mass is 10.3. The molecular weight excluding hydrogens is 152 g/mol. The van der Waals surface area contributed by atoms with Crippen molar-refractivity contribution in [1.82, 2.24) is 0 Å². The van der Waals surface area contributed by atoms with Gasteiger partial charge in [0.1, 0.15) is 13.2 Å². The van der Waals surface area contributed by atoms with Gasteiger partial charge in [0.15, 0.2) is 11.5 Å². The Balaban J connectivity index is 2.82. The molecule has 0 N–H and O–H groups in total. The summed E-state index contributed by atoms with van der Waals surface area (Å²) in [5.74, 6) is 1.64. The minimum absolute atomic E-state index is 0.640. The maximum atomic E-state index is 5.40. The average molecular weight is 166 g/mol. The van der Waals surface area contributed by atoms with Gasteiger partial charge in [0, 0.05) is 0 Å².